The van der Waals surface area contributed by atoms with E-state index < -0.39 is 0 Å². The van der Waals surface area contributed by atoms with Gasteiger partial charge in [-0.05, 0) is 22.9 Å². The van der Waals surface area contributed by atoms with E-state index in [2.05, 4.69) is 32.2 Å². The summed E-state index contributed by atoms with van der Waals surface area (Å²) in [5, 5.41) is 5.41. The van der Waals surface area contributed by atoms with E-state index in [-0.39, 0.29) is 36.3 Å². The molecule has 0 saturated heterocycles. The zero-order chi connectivity index (χ0) is 17.7. The van der Waals surface area contributed by atoms with Crippen molar-refractivity contribution >= 4 is 17.2 Å². The van der Waals surface area contributed by atoms with E-state index in [1.807, 2.05) is 11.4 Å². The number of hydrogen-bond acceptors (Lipinski definition) is 3. The van der Waals surface area contributed by atoms with Crippen molar-refractivity contribution in [1.29, 1.82) is 0 Å². The van der Waals surface area contributed by atoms with Crippen molar-refractivity contribution in [2.45, 2.75) is 33.4 Å². The lowest BCUT2D eigenvalue weighted by molar-refractivity contribution is -0.129. The maximum absolute atomic E-state index is 13.7. The number of rotatable bonds is 6. The monoisotopic (exact) mass is 348 g/mol. The molecular formula is C19H25FN2OS. The topological polar surface area (TPSA) is 32.3 Å². The normalized spacial score (nSPS) is 12.9. The molecular weight excluding hydrogens is 323 g/mol. The molecule has 0 bridgehead atoms. The average Bonchev–Trinajstić information content (AvgIpc) is 3.02. The lowest BCUT2D eigenvalue weighted by Gasteiger charge is -2.31. The second-order valence-electron chi connectivity index (χ2n) is 7.04. The number of halogens is 1. The molecule has 0 saturated carbocycles. The molecule has 0 aliphatic carbocycles. The van der Waals surface area contributed by atoms with Gasteiger partial charge < -0.3 is 10.2 Å². The highest BCUT2D eigenvalue weighted by Gasteiger charge is 2.27. The van der Waals surface area contributed by atoms with Crippen LogP contribution in [0.15, 0.2) is 41.8 Å². The molecule has 0 fully saturated rings. The molecule has 24 heavy (non-hydrogen) atoms. The standard InChI is InChI=1S/C19H25FN2OS/c1-19(2,3)18(16-10-7-11-24-16)21-12-17(23)22(4)13-14-8-5-6-9-15(14)20/h5-11,18,21H,12-13H2,1-4H3. The predicted molar refractivity (Wildman–Crippen MR) is 97.4 cm³/mol. The number of carbonyl (C=O) groups excluding carboxylic acids is 1. The molecule has 0 radical (unpaired) electrons. The Labute approximate surface area is 147 Å². The van der Waals surface area contributed by atoms with Gasteiger partial charge in [-0.15, -0.1) is 11.3 Å². The molecule has 1 aromatic carbocycles. The van der Waals surface area contributed by atoms with E-state index in [4.69, 9.17) is 0 Å². The first-order chi connectivity index (χ1) is 11.3. The summed E-state index contributed by atoms with van der Waals surface area (Å²) in [4.78, 5) is 15.2. The highest BCUT2D eigenvalue weighted by molar-refractivity contribution is 7.10. The number of amides is 1. The van der Waals surface area contributed by atoms with Crippen LogP contribution in [0.25, 0.3) is 0 Å². The van der Waals surface area contributed by atoms with Crippen molar-refractivity contribution in [3.63, 3.8) is 0 Å². The van der Waals surface area contributed by atoms with Gasteiger partial charge in [0.05, 0.1) is 6.54 Å². The van der Waals surface area contributed by atoms with Crippen LogP contribution in [-0.4, -0.2) is 24.4 Å². The minimum atomic E-state index is -0.281. The van der Waals surface area contributed by atoms with Crippen molar-refractivity contribution in [1.82, 2.24) is 10.2 Å². The molecule has 1 N–H and O–H groups in total. The SMILES string of the molecule is CN(Cc1ccccc1F)C(=O)CNC(c1cccs1)C(C)(C)C. The van der Waals surface area contributed by atoms with Crippen LogP contribution in [0.1, 0.15) is 37.3 Å². The van der Waals surface area contributed by atoms with Gasteiger partial charge in [0.25, 0.3) is 0 Å². The van der Waals surface area contributed by atoms with E-state index >= 15 is 0 Å². The van der Waals surface area contributed by atoms with Gasteiger partial charge in [-0.3, -0.25) is 4.79 Å². The third-order valence-electron chi connectivity index (χ3n) is 3.94. The third-order valence-corrected chi connectivity index (χ3v) is 4.88. The Morgan fingerprint density at radius 3 is 2.54 bits per heavy atom. The van der Waals surface area contributed by atoms with Gasteiger partial charge in [0.1, 0.15) is 5.82 Å². The van der Waals surface area contributed by atoms with Gasteiger partial charge in [0, 0.05) is 30.1 Å². The van der Waals surface area contributed by atoms with Gasteiger partial charge in [0.2, 0.25) is 5.91 Å². The van der Waals surface area contributed by atoms with Crippen LogP contribution >= 0.6 is 11.3 Å². The van der Waals surface area contributed by atoms with Gasteiger partial charge in [-0.25, -0.2) is 4.39 Å². The lowest BCUT2D eigenvalue weighted by atomic mass is 9.86. The molecule has 1 heterocycles. The van der Waals surface area contributed by atoms with Gasteiger partial charge >= 0.3 is 0 Å². The first-order valence-electron chi connectivity index (χ1n) is 8.03. The van der Waals surface area contributed by atoms with E-state index in [1.54, 1.807) is 41.5 Å². The van der Waals surface area contributed by atoms with E-state index in [0.717, 1.165) is 0 Å². The predicted octanol–water partition coefficient (Wildman–Crippen LogP) is 4.22. The molecule has 5 heteroatoms. The molecule has 0 spiro atoms. The Balaban J connectivity index is 1.97. The van der Waals surface area contributed by atoms with E-state index in [0.29, 0.717) is 5.56 Å². The van der Waals surface area contributed by atoms with Crippen molar-refractivity contribution in [2.75, 3.05) is 13.6 Å². The molecule has 0 aliphatic heterocycles. The molecule has 1 atom stereocenters. The van der Waals surface area contributed by atoms with Crippen LogP contribution in [0.3, 0.4) is 0 Å². The Bertz CT molecular complexity index is 664. The molecule has 1 aromatic heterocycles. The van der Waals surface area contributed by atoms with E-state index in [1.165, 1.54) is 10.9 Å². The Morgan fingerprint density at radius 2 is 1.96 bits per heavy atom. The third kappa shape index (κ3) is 4.89. The summed E-state index contributed by atoms with van der Waals surface area (Å²) in [7, 11) is 1.70. The number of benzene rings is 1. The number of hydrogen-bond donors (Lipinski definition) is 1. The first kappa shape index (κ1) is 18.6. The largest absolute Gasteiger partial charge is 0.340 e. The number of likely N-dealkylation sites (N-methyl/N-ethyl adjacent to an activating group) is 1. The van der Waals surface area contributed by atoms with Gasteiger partial charge in [-0.2, -0.15) is 0 Å². The number of carbonyl (C=O) groups is 1. The minimum Gasteiger partial charge on any atom is -0.340 e. The smallest absolute Gasteiger partial charge is 0.236 e. The fourth-order valence-electron chi connectivity index (χ4n) is 2.58. The second kappa shape index (κ2) is 7.90. The number of nitrogens with zero attached hydrogens (tertiary/aromatic N) is 1. The molecule has 2 aromatic rings. The molecule has 130 valence electrons. The maximum Gasteiger partial charge on any atom is 0.236 e. The number of nitrogens with one attached hydrogen (secondary N) is 1. The number of thiophene rings is 1. The fourth-order valence-corrected chi connectivity index (χ4v) is 3.63. The van der Waals surface area contributed by atoms with Crippen LogP contribution in [0.2, 0.25) is 0 Å². The lowest BCUT2D eigenvalue weighted by Crippen LogP contribution is -2.40. The zero-order valence-electron chi connectivity index (χ0n) is 14.7. The summed E-state index contributed by atoms with van der Waals surface area (Å²) < 4.78 is 13.7. The summed E-state index contributed by atoms with van der Waals surface area (Å²) in [6, 6.07) is 10.8. The molecule has 2 rings (SSSR count). The van der Waals surface area contributed by atoms with Gasteiger partial charge in [-0.1, -0.05) is 45.0 Å². The quantitative estimate of drug-likeness (QED) is 0.847. The van der Waals surface area contributed by atoms with Crippen molar-refractivity contribution in [3.8, 4) is 0 Å². The highest BCUT2D eigenvalue weighted by Crippen LogP contribution is 2.34. The molecule has 1 unspecified atom stereocenters. The Hall–Kier alpha value is -1.72. The Kier molecular flexibility index (Phi) is 6.13. The van der Waals surface area contributed by atoms with Crippen molar-refractivity contribution in [2.24, 2.45) is 5.41 Å². The van der Waals surface area contributed by atoms with Crippen LogP contribution in [0.4, 0.5) is 4.39 Å². The van der Waals surface area contributed by atoms with Crippen molar-refractivity contribution < 1.29 is 9.18 Å². The van der Waals surface area contributed by atoms with Gasteiger partial charge in [0.15, 0.2) is 0 Å². The highest BCUT2D eigenvalue weighted by atomic mass is 32.1. The first-order valence-corrected chi connectivity index (χ1v) is 8.91. The minimum absolute atomic E-state index is 0.00472. The summed E-state index contributed by atoms with van der Waals surface area (Å²) in [5.41, 5.74) is 0.522. The van der Waals surface area contributed by atoms with Crippen molar-refractivity contribution in [3.05, 3.63) is 58.0 Å². The molecule has 3 nitrogen and oxygen atoms in total. The summed E-state index contributed by atoms with van der Waals surface area (Å²) in [6.07, 6.45) is 0. The molecule has 1 amide bonds. The zero-order valence-corrected chi connectivity index (χ0v) is 15.5. The van der Waals surface area contributed by atoms with Crippen LogP contribution < -0.4 is 5.32 Å². The summed E-state index contributed by atoms with van der Waals surface area (Å²) in [5.74, 6) is -0.333. The second-order valence-corrected chi connectivity index (χ2v) is 8.02. The average molecular weight is 348 g/mol. The Morgan fingerprint density at radius 1 is 1.25 bits per heavy atom. The van der Waals surface area contributed by atoms with Crippen LogP contribution in [-0.2, 0) is 11.3 Å². The summed E-state index contributed by atoms with van der Waals surface area (Å²) >= 11 is 1.69. The summed E-state index contributed by atoms with van der Waals surface area (Å²) in [6.45, 7) is 6.95. The van der Waals surface area contributed by atoms with Crippen LogP contribution in [0.5, 0.6) is 0 Å². The van der Waals surface area contributed by atoms with Crippen LogP contribution in [0, 0.1) is 11.2 Å². The van der Waals surface area contributed by atoms with E-state index in [9.17, 15) is 9.18 Å². The fraction of sp³-hybridized carbons (Fsp3) is 0.421. The maximum atomic E-state index is 13.7. The molecule has 0 aliphatic rings.